The first-order valence-electron chi connectivity index (χ1n) is 8.00. The van der Waals surface area contributed by atoms with E-state index >= 15 is 0 Å². The lowest BCUT2D eigenvalue weighted by Crippen LogP contribution is -2.24. The van der Waals surface area contributed by atoms with Gasteiger partial charge in [0, 0.05) is 31.7 Å². The summed E-state index contributed by atoms with van der Waals surface area (Å²) in [5.41, 5.74) is 3.58. The van der Waals surface area contributed by atoms with Crippen molar-refractivity contribution in [2.24, 2.45) is 0 Å². The van der Waals surface area contributed by atoms with Gasteiger partial charge in [-0.1, -0.05) is 35.9 Å². The number of pyridine rings is 1. The minimum Gasteiger partial charge on any atom is -0.350 e. The molecule has 1 aromatic carbocycles. The monoisotopic (exact) mass is 333 g/mol. The summed E-state index contributed by atoms with van der Waals surface area (Å²) in [6, 6.07) is 13.5. The lowest BCUT2D eigenvalue weighted by atomic mass is 10.1. The van der Waals surface area contributed by atoms with E-state index in [4.69, 9.17) is 0 Å². The van der Waals surface area contributed by atoms with E-state index in [0.29, 0.717) is 24.7 Å². The Bertz CT molecular complexity index is 834. The van der Waals surface area contributed by atoms with E-state index in [1.54, 1.807) is 24.7 Å². The summed E-state index contributed by atoms with van der Waals surface area (Å²) in [4.78, 5) is 24.7. The molecule has 0 atom stereocenters. The predicted octanol–water partition coefficient (Wildman–Crippen LogP) is 2.72. The lowest BCUT2D eigenvalue weighted by Gasteiger charge is -2.08. The van der Waals surface area contributed by atoms with Crippen molar-refractivity contribution in [1.29, 1.82) is 0 Å². The van der Waals surface area contributed by atoms with Gasteiger partial charge in [0.05, 0.1) is 0 Å². The van der Waals surface area contributed by atoms with Gasteiger partial charge < -0.3 is 10.6 Å². The summed E-state index contributed by atoms with van der Waals surface area (Å²) >= 11 is 0. The molecule has 0 spiro atoms. The molecule has 0 saturated carbocycles. The number of hydrogen-bond acceptors (Lipinski definition) is 5. The molecule has 6 heteroatoms. The maximum Gasteiger partial charge on any atom is 0.270 e. The molecule has 126 valence electrons. The van der Waals surface area contributed by atoms with Crippen molar-refractivity contribution in [3.05, 3.63) is 83.4 Å². The highest BCUT2D eigenvalue weighted by Gasteiger charge is 2.08. The Kier molecular flexibility index (Phi) is 5.31. The highest BCUT2D eigenvalue weighted by molar-refractivity contribution is 5.92. The Morgan fingerprint density at radius 3 is 2.60 bits per heavy atom. The first-order valence-corrected chi connectivity index (χ1v) is 8.00. The molecule has 0 saturated heterocycles. The van der Waals surface area contributed by atoms with E-state index in [-0.39, 0.29) is 5.91 Å². The third-order valence-electron chi connectivity index (χ3n) is 3.64. The van der Waals surface area contributed by atoms with Crippen LogP contribution in [0.15, 0.2) is 61.1 Å². The van der Waals surface area contributed by atoms with Crippen LogP contribution < -0.4 is 10.6 Å². The van der Waals surface area contributed by atoms with Crippen LogP contribution in [0.1, 0.15) is 27.2 Å². The molecule has 0 aliphatic carbocycles. The molecule has 25 heavy (non-hydrogen) atoms. The number of carbonyl (C=O) groups is 1. The number of aromatic nitrogens is 3. The number of nitrogens with one attached hydrogen (secondary N) is 2. The molecule has 3 aromatic rings. The molecule has 0 unspecified atom stereocenters. The van der Waals surface area contributed by atoms with Crippen LogP contribution in [0.3, 0.4) is 0 Å². The van der Waals surface area contributed by atoms with E-state index in [0.717, 1.165) is 11.1 Å². The second-order valence-electron chi connectivity index (χ2n) is 5.65. The maximum atomic E-state index is 12.3. The summed E-state index contributed by atoms with van der Waals surface area (Å²) in [6.45, 7) is 3.03. The van der Waals surface area contributed by atoms with E-state index in [1.165, 1.54) is 5.56 Å². The molecular formula is C19H19N5O. The van der Waals surface area contributed by atoms with E-state index in [2.05, 4.69) is 25.6 Å². The van der Waals surface area contributed by atoms with Crippen LogP contribution in [-0.2, 0) is 13.1 Å². The fourth-order valence-electron chi connectivity index (χ4n) is 2.23. The van der Waals surface area contributed by atoms with Crippen LogP contribution >= 0.6 is 0 Å². The first kappa shape index (κ1) is 16.6. The average Bonchev–Trinajstić information content (AvgIpc) is 2.67. The fraction of sp³-hybridized carbons (Fsp3) is 0.158. The Morgan fingerprint density at radius 1 is 1.00 bits per heavy atom. The molecule has 0 fully saturated rings. The van der Waals surface area contributed by atoms with E-state index in [1.807, 2.05) is 43.3 Å². The smallest absolute Gasteiger partial charge is 0.270 e. The van der Waals surface area contributed by atoms with Gasteiger partial charge in [0.25, 0.3) is 5.91 Å². The summed E-state index contributed by atoms with van der Waals surface area (Å²) < 4.78 is 0. The highest BCUT2D eigenvalue weighted by Crippen LogP contribution is 2.06. The van der Waals surface area contributed by atoms with E-state index in [9.17, 15) is 4.79 Å². The Labute approximate surface area is 146 Å². The van der Waals surface area contributed by atoms with Gasteiger partial charge in [-0.15, -0.1) is 0 Å². The van der Waals surface area contributed by atoms with Gasteiger partial charge in [0.2, 0.25) is 5.95 Å². The number of benzene rings is 1. The highest BCUT2D eigenvalue weighted by atomic mass is 16.1. The van der Waals surface area contributed by atoms with Crippen LogP contribution in [0.2, 0.25) is 0 Å². The zero-order valence-electron chi connectivity index (χ0n) is 13.9. The number of hydrogen-bond donors (Lipinski definition) is 2. The molecule has 0 bridgehead atoms. The zero-order chi connectivity index (χ0) is 17.5. The van der Waals surface area contributed by atoms with Gasteiger partial charge >= 0.3 is 0 Å². The second-order valence-corrected chi connectivity index (χ2v) is 5.65. The first-order chi connectivity index (χ1) is 12.2. The van der Waals surface area contributed by atoms with Gasteiger partial charge in [-0.2, -0.15) is 0 Å². The predicted molar refractivity (Wildman–Crippen MR) is 95.9 cm³/mol. The molecule has 2 N–H and O–H groups in total. The molecule has 3 rings (SSSR count). The Balaban J connectivity index is 1.58. The second kappa shape index (κ2) is 8.01. The number of rotatable bonds is 6. The molecule has 0 radical (unpaired) electrons. The fourth-order valence-corrected chi connectivity index (χ4v) is 2.23. The standard InChI is InChI=1S/C19H19N5O/c1-14-4-6-15(7-5-14)12-22-18(25)17-8-10-21-19(24-17)23-13-16-3-2-9-20-11-16/h2-11H,12-13H2,1H3,(H,22,25)(H,21,23,24). The number of carbonyl (C=O) groups excluding carboxylic acids is 1. The van der Waals surface area contributed by atoms with Gasteiger partial charge in [-0.05, 0) is 30.2 Å². The van der Waals surface area contributed by atoms with Gasteiger partial charge in [0.1, 0.15) is 5.69 Å². The van der Waals surface area contributed by atoms with Crippen molar-refractivity contribution in [3.8, 4) is 0 Å². The van der Waals surface area contributed by atoms with Crippen molar-refractivity contribution >= 4 is 11.9 Å². The van der Waals surface area contributed by atoms with Crippen LogP contribution in [0, 0.1) is 6.92 Å². The van der Waals surface area contributed by atoms with Gasteiger partial charge in [0.15, 0.2) is 0 Å². The third kappa shape index (κ3) is 4.84. The topological polar surface area (TPSA) is 79.8 Å². The number of nitrogens with zero attached hydrogens (tertiary/aromatic N) is 3. The SMILES string of the molecule is Cc1ccc(CNC(=O)c2ccnc(NCc3cccnc3)n2)cc1. The maximum absolute atomic E-state index is 12.3. The van der Waals surface area contributed by atoms with Gasteiger partial charge in [-0.3, -0.25) is 9.78 Å². The molecule has 0 aliphatic heterocycles. The lowest BCUT2D eigenvalue weighted by molar-refractivity contribution is 0.0946. The minimum absolute atomic E-state index is 0.229. The summed E-state index contributed by atoms with van der Waals surface area (Å²) in [7, 11) is 0. The molecule has 2 heterocycles. The number of aryl methyl sites for hydroxylation is 1. The number of anilines is 1. The Morgan fingerprint density at radius 2 is 1.84 bits per heavy atom. The van der Waals surface area contributed by atoms with Crippen molar-refractivity contribution in [1.82, 2.24) is 20.3 Å². The normalized spacial score (nSPS) is 10.3. The molecular weight excluding hydrogens is 314 g/mol. The third-order valence-corrected chi connectivity index (χ3v) is 3.64. The largest absolute Gasteiger partial charge is 0.350 e. The van der Waals surface area contributed by atoms with Crippen molar-refractivity contribution in [2.75, 3.05) is 5.32 Å². The minimum atomic E-state index is -0.229. The summed E-state index contributed by atoms with van der Waals surface area (Å²) in [6.07, 6.45) is 5.06. The van der Waals surface area contributed by atoms with Gasteiger partial charge in [-0.25, -0.2) is 9.97 Å². The average molecular weight is 333 g/mol. The number of amides is 1. The van der Waals surface area contributed by atoms with Crippen LogP contribution in [0.5, 0.6) is 0 Å². The molecule has 1 amide bonds. The van der Waals surface area contributed by atoms with Crippen LogP contribution in [-0.4, -0.2) is 20.9 Å². The van der Waals surface area contributed by atoms with Crippen LogP contribution in [0.4, 0.5) is 5.95 Å². The van der Waals surface area contributed by atoms with Crippen molar-refractivity contribution in [3.63, 3.8) is 0 Å². The van der Waals surface area contributed by atoms with Crippen molar-refractivity contribution < 1.29 is 4.79 Å². The van der Waals surface area contributed by atoms with Crippen LogP contribution in [0.25, 0.3) is 0 Å². The molecule has 6 nitrogen and oxygen atoms in total. The molecule has 0 aliphatic rings. The van der Waals surface area contributed by atoms with Crippen molar-refractivity contribution in [2.45, 2.75) is 20.0 Å². The quantitative estimate of drug-likeness (QED) is 0.725. The van der Waals surface area contributed by atoms with E-state index < -0.39 is 0 Å². The molecule has 2 aromatic heterocycles. The zero-order valence-corrected chi connectivity index (χ0v) is 13.9. The summed E-state index contributed by atoms with van der Waals surface area (Å²) in [5, 5.41) is 5.96. The summed E-state index contributed by atoms with van der Waals surface area (Å²) in [5.74, 6) is 0.180. The Hall–Kier alpha value is -3.28.